The van der Waals surface area contributed by atoms with E-state index in [1.165, 1.54) is 75.5 Å². The molecule has 0 N–H and O–H groups in total. The second kappa shape index (κ2) is 10.8. The summed E-state index contributed by atoms with van der Waals surface area (Å²) in [5.41, 5.74) is 2.54. The molecule has 114 valence electrons. The van der Waals surface area contributed by atoms with E-state index in [-0.39, 0.29) is 0 Å². The zero-order valence-electron chi connectivity index (χ0n) is 13.7. The van der Waals surface area contributed by atoms with Gasteiger partial charge in [-0.25, -0.2) is 9.97 Å². The van der Waals surface area contributed by atoms with E-state index in [9.17, 15) is 0 Å². The molecule has 0 spiro atoms. The molecular weight excluding hydrogens is 244 g/mol. The van der Waals surface area contributed by atoms with Gasteiger partial charge in [-0.3, -0.25) is 0 Å². The first kappa shape index (κ1) is 17.1. The third kappa shape index (κ3) is 6.49. The molecule has 1 rings (SSSR count). The second-order valence-electron chi connectivity index (χ2n) is 5.96. The highest BCUT2D eigenvalue weighted by Gasteiger charge is 2.13. The first-order valence-electron chi connectivity index (χ1n) is 8.56. The van der Waals surface area contributed by atoms with Gasteiger partial charge in [0.1, 0.15) is 6.33 Å². The number of unbranched alkanes of at least 4 members (excludes halogenated alkanes) is 6. The van der Waals surface area contributed by atoms with Crippen LogP contribution in [0.15, 0.2) is 12.5 Å². The number of hydrogen-bond acceptors (Lipinski definition) is 2. The van der Waals surface area contributed by atoms with Crippen LogP contribution in [0.3, 0.4) is 0 Å². The molecule has 0 aliphatic heterocycles. The Hall–Kier alpha value is -0.920. The maximum Gasteiger partial charge on any atom is 0.115 e. The molecule has 2 heteroatoms. The van der Waals surface area contributed by atoms with E-state index in [4.69, 9.17) is 0 Å². The number of rotatable bonds is 11. The van der Waals surface area contributed by atoms with E-state index >= 15 is 0 Å². The smallest absolute Gasteiger partial charge is 0.115 e. The van der Waals surface area contributed by atoms with Gasteiger partial charge in [-0.1, -0.05) is 65.2 Å². The standard InChI is InChI=1S/C18H32N2/c1-4-6-7-8-9-10-11-13-17(12-5-2)18-14-19-15-20-16(18)3/h14-15,17H,4-13H2,1-3H3. The van der Waals surface area contributed by atoms with Crippen LogP contribution in [0.2, 0.25) is 0 Å². The predicted octanol–water partition coefficient (Wildman–Crippen LogP) is 5.81. The highest BCUT2D eigenvalue weighted by molar-refractivity contribution is 5.19. The lowest BCUT2D eigenvalue weighted by Gasteiger charge is -2.17. The van der Waals surface area contributed by atoms with Crippen LogP contribution in [0.25, 0.3) is 0 Å². The monoisotopic (exact) mass is 276 g/mol. The highest BCUT2D eigenvalue weighted by Crippen LogP contribution is 2.28. The third-order valence-electron chi connectivity index (χ3n) is 4.18. The van der Waals surface area contributed by atoms with Crippen LogP contribution < -0.4 is 0 Å². The van der Waals surface area contributed by atoms with E-state index in [0.717, 1.165) is 0 Å². The number of hydrogen-bond donors (Lipinski definition) is 0. The molecule has 1 atom stereocenters. The van der Waals surface area contributed by atoms with Gasteiger partial charge in [-0.2, -0.15) is 0 Å². The Kier molecular flexibility index (Phi) is 9.27. The average Bonchev–Trinajstić information content (AvgIpc) is 2.46. The number of aromatic nitrogens is 2. The summed E-state index contributed by atoms with van der Waals surface area (Å²) in [5, 5.41) is 0. The largest absolute Gasteiger partial charge is 0.245 e. The summed E-state index contributed by atoms with van der Waals surface area (Å²) < 4.78 is 0. The van der Waals surface area contributed by atoms with Gasteiger partial charge in [0.15, 0.2) is 0 Å². The second-order valence-corrected chi connectivity index (χ2v) is 5.96. The van der Waals surface area contributed by atoms with Gasteiger partial charge in [0, 0.05) is 11.9 Å². The fourth-order valence-electron chi connectivity index (χ4n) is 2.95. The van der Waals surface area contributed by atoms with Gasteiger partial charge in [0.05, 0.1) is 0 Å². The minimum absolute atomic E-state index is 0.664. The van der Waals surface area contributed by atoms with Crippen molar-refractivity contribution in [2.45, 2.75) is 90.9 Å². The van der Waals surface area contributed by atoms with E-state index in [0.29, 0.717) is 5.92 Å². The minimum Gasteiger partial charge on any atom is -0.245 e. The van der Waals surface area contributed by atoms with E-state index in [1.807, 2.05) is 6.20 Å². The van der Waals surface area contributed by atoms with Crippen LogP contribution in [0.4, 0.5) is 0 Å². The maximum atomic E-state index is 4.35. The molecule has 0 amide bonds. The van der Waals surface area contributed by atoms with E-state index < -0.39 is 0 Å². The molecule has 0 aliphatic rings. The van der Waals surface area contributed by atoms with Crippen LogP contribution in [0.1, 0.15) is 95.2 Å². The Balaban J connectivity index is 2.31. The number of nitrogens with zero attached hydrogens (tertiary/aromatic N) is 2. The van der Waals surface area contributed by atoms with Crippen LogP contribution in [0.5, 0.6) is 0 Å². The normalized spacial score (nSPS) is 12.6. The molecule has 0 fully saturated rings. The molecular formula is C18H32N2. The minimum atomic E-state index is 0.664. The van der Waals surface area contributed by atoms with Gasteiger partial charge in [-0.05, 0) is 31.2 Å². The van der Waals surface area contributed by atoms with Crippen molar-refractivity contribution < 1.29 is 0 Å². The molecule has 0 saturated heterocycles. The zero-order valence-corrected chi connectivity index (χ0v) is 13.7. The van der Waals surface area contributed by atoms with Crippen LogP contribution in [-0.2, 0) is 0 Å². The Morgan fingerprint density at radius 1 is 0.900 bits per heavy atom. The molecule has 1 heterocycles. The molecule has 0 aromatic carbocycles. The van der Waals surface area contributed by atoms with E-state index in [2.05, 4.69) is 30.7 Å². The topological polar surface area (TPSA) is 25.8 Å². The lowest BCUT2D eigenvalue weighted by atomic mass is 9.89. The molecule has 20 heavy (non-hydrogen) atoms. The lowest BCUT2D eigenvalue weighted by Crippen LogP contribution is -2.03. The molecule has 0 bridgehead atoms. The first-order chi connectivity index (χ1) is 9.79. The van der Waals surface area contributed by atoms with Gasteiger partial charge < -0.3 is 0 Å². The summed E-state index contributed by atoms with van der Waals surface area (Å²) >= 11 is 0. The van der Waals surface area contributed by atoms with Crippen molar-refractivity contribution in [3.63, 3.8) is 0 Å². The summed E-state index contributed by atoms with van der Waals surface area (Å²) in [6, 6.07) is 0. The van der Waals surface area contributed by atoms with Crippen molar-refractivity contribution in [1.29, 1.82) is 0 Å². The van der Waals surface area contributed by atoms with Gasteiger partial charge in [-0.15, -0.1) is 0 Å². The molecule has 0 saturated carbocycles. The van der Waals surface area contributed by atoms with Crippen molar-refractivity contribution in [2.75, 3.05) is 0 Å². The van der Waals surface area contributed by atoms with Gasteiger partial charge in [0.2, 0.25) is 0 Å². The molecule has 2 nitrogen and oxygen atoms in total. The SMILES string of the molecule is CCCCCCCCCC(CCC)c1cncnc1C. The van der Waals surface area contributed by atoms with Crippen molar-refractivity contribution in [2.24, 2.45) is 0 Å². The Morgan fingerprint density at radius 3 is 2.25 bits per heavy atom. The fourth-order valence-corrected chi connectivity index (χ4v) is 2.95. The highest BCUT2D eigenvalue weighted by atomic mass is 14.8. The fraction of sp³-hybridized carbons (Fsp3) is 0.778. The maximum absolute atomic E-state index is 4.35. The van der Waals surface area contributed by atoms with Crippen molar-refractivity contribution in [1.82, 2.24) is 9.97 Å². The Labute approximate surface area is 125 Å². The summed E-state index contributed by atoms with van der Waals surface area (Å²) in [5.74, 6) is 0.664. The van der Waals surface area contributed by atoms with Crippen molar-refractivity contribution in [3.8, 4) is 0 Å². The van der Waals surface area contributed by atoms with Gasteiger partial charge >= 0.3 is 0 Å². The Morgan fingerprint density at radius 2 is 1.60 bits per heavy atom. The summed E-state index contributed by atoms with van der Waals surface area (Å²) in [7, 11) is 0. The summed E-state index contributed by atoms with van der Waals surface area (Å²) in [4.78, 5) is 8.56. The van der Waals surface area contributed by atoms with Gasteiger partial charge in [0.25, 0.3) is 0 Å². The number of aryl methyl sites for hydroxylation is 1. The molecule has 1 aromatic heterocycles. The van der Waals surface area contributed by atoms with Crippen LogP contribution in [-0.4, -0.2) is 9.97 Å². The van der Waals surface area contributed by atoms with Crippen LogP contribution >= 0.6 is 0 Å². The lowest BCUT2D eigenvalue weighted by molar-refractivity contribution is 0.506. The molecule has 1 unspecified atom stereocenters. The average molecular weight is 276 g/mol. The summed E-state index contributed by atoms with van der Waals surface area (Å²) in [6.07, 6.45) is 17.2. The molecule has 0 radical (unpaired) electrons. The first-order valence-corrected chi connectivity index (χ1v) is 8.56. The molecule has 1 aromatic rings. The van der Waals surface area contributed by atoms with Crippen molar-refractivity contribution in [3.05, 3.63) is 23.8 Å². The zero-order chi connectivity index (χ0) is 14.6. The molecule has 0 aliphatic carbocycles. The quantitative estimate of drug-likeness (QED) is 0.477. The predicted molar refractivity (Wildman–Crippen MR) is 87.0 cm³/mol. The summed E-state index contributed by atoms with van der Waals surface area (Å²) in [6.45, 7) is 6.67. The third-order valence-corrected chi connectivity index (χ3v) is 4.18. The van der Waals surface area contributed by atoms with E-state index in [1.54, 1.807) is 6.33 Å². The van der Waals surface area contributed by atoms with Crippen molar-refractivity contribution >= 4 is 0 Å². The Bertz CT molecular complexity index is 349. The van der Waals surface area contributed by atoms with Crippen LogP contribution in [0, 0.1) is 6.92 Å².